The summed E-state index contributed by atoms with van der Waals surface area (Å²) in [7, 11) is 1.56. The predicted octanol–water partition coefficient (Wildman–Crippen LogP) is 4.95. The van der Waals surface area contributed by atoms with Crippen LogP contribution in [0.1, 0.15) is 27.9 Å². The monoisotopic (exact) mass is 454 g/mol. The molecule has 0 saturated carbocycles. The lowest BCUT2D eigenvalue weighted by Gasteiger charge is -2.25. The second-order valence-corrected chi connectivity index (χ2v) is 7.60. The summed E-state index contributed by atoms with van der Waals surface area (Å²) in [6, 6.07) is 15.6. The van der Waals surface area contributed by atoms with E-state index in [1.165, 1.54) is 35.2 Å². The summed E-state index contributed by atoms with van der Waals surface area (Å²) in [6.07, 6.45) is -0.0859. The highest BCUT2D eigenvalue weighted by Crippen LogP contribution is 2.26. The predicted molar refractivity (Wildman–Crippen MR) is 117 cm³/mol. The van der Waals surface area contributed by atoms with E-state index in [4.69, 9.17) is 9.57 Å². The van der Waals surface area contributed by atoms with E-state index in [1.54, 1.807) is 7.11 Å². The molecule has 0 bridgehead atoms. The first kappa shape index (κ1) is 22.4. The molecule has 1 aliphatic heterocycles. The number of rotatable bonds is 7. The minimum absolute atomic E-state index is 0.0924. The number of hydrogen-bond donors (Lipinski definition) is 0. The third kappa shape index (κ3) is 5.16. The summed E-state index contributed by atoms with van der Waals surface area (Å²) < 4.78 is 46.4. The Morgan fingerprint density at radius 3 is 2.52 bits per heavy atom. The molecule has 170 valence electrons. The normalized spacial score (nSPS) is 15.0. The molecule has 3 aromatic rings. The summed E-state index contributed by atoms with van der Waals surface area (Å²) in [5.41, 5.74) is 1.83. The third-order valence-corrected chi connectivity index (χ3v) is 5.33. The smallest absolute Gasteiger partial charge is 0.254 e. The topological polar surface area (TPSA) is 51.1 Å². The van der Waals surface area contributed by atoms with E-state index in [9.17, 15) is 18.0 Å². The lowest BCUT2D eigenvalue weighted by molar-refractivity contribution is 0.0403. The molecule has 0 spiro atoms. The Labute approximate surface area is 189 Å². The number of benzene rings is 3. The zero-order chi connectivity index (χ0) is 23.4. The van der Waals surface area contributed by atoms with E-state index in [-0.39, 0.29) is 24.2 Å². The van der Waals surface area contributed by atoms with Gasteiger partial charge in [0.2, 0.25) is 0 Å². The van der Waals surface area contributed by atoms with Crippen molar-refractivity contribution in [1.29, 1.82) is 0 Å². The van der Waals surface area contributed by atoms with Crippen molar-refractivity contribution in [2.75, 3.05) is 13.7 Å². The SMILES string of the molecule is COc1ccccc1C1=NO[C@@H](CN(Cc2ccc(F)cc2F)C(=O)c2ccc(F)cc2)C1. The highest BCUT2D eigenvalue weighted by atomic mass is 19.1. The molecular formula is C25H21F3N2O3. The van der Waals surface area contributed by atoms with Crippen molar-refractivity contribution >= 4 is 11.6 Å². The molecule has 1 amide bonds. The van der Waals surface area contributed by atoms with Crippen molar-refractivity contribution in [2.45, 2.75) is 19.1 Å². The van der Waals surface area contributed by atoms with Crippen molar-refractivity contribution < 1.29 is 27.5 Å². The molecule has 1 heterocycles. The molecule has 33 heavy (non-hydrogen) atoms. The Morgan fingerprint density at radius 2 is 1.79 bits per heavy atom. The van der Waals surface area contributed by atoms with Gasteiger partial charge in [-0.1, -0.05) is 23.4 Å². The fraction of sp³-hybridized carbons (Fsp3) is 0.200. The minimum Gasteiger partial charge on any atom is -0.496 e. The van der Waals surface area contributed by atoms with Crippen LogP contribution in [0, 0.1) is 17.5 Å². The van der Waals surface area contributed by atoms with Crippen LogP contribution in [0.25, 0.3) is 0 Å². The third-order valence-electron chi connectivity index (χ3n) is 5.33. The van der Waals surface area contributed by atoms with Gasteiger partial charge in [-0.15, -0.1) is 0 Å². The first-order valence-electron chi connectivity index (χ1n) is 10.3. The number of amides is 1. The lowest BCUT2D eigenvalue weighted by Crippen LogP contribution is -2.37. The van der Waals surface area contributed by atoms with Crippen LogP contribution < -0.4 is 4.74 Å². The summed E-state index contributed by atoms with van der Waals surface area (Å²) in [6.45, 7) is -0.0264. The van der Waals surface area contributed by atoms with Gasteiger partial charge in [0.25, 0.3) is 5.91 Å². The second-order valence-electron chi connectivity index (χ2n) is 7.60. The number of methoxy groups -OCH3 is 1. The average molecular weight is 454 g/mol. The van der Waals surface area contributed by atoms with Crippen LogP contribution in [0.3, 0.4) is 0 Å². The maximum atomic E-state index is 14.3. The van der Waals surface area contributed by atoms with Crippen molar-refractivity contribution in [2.24, 2.45) is 5.16 Å². The highest BCUT2D eigenvalue weighted by Gasteiger charge is 2.29. The van der Waals surface area contributed by atoms with Gasteiger partial charge in [-0.2, -0.15) is 0 Å². The van der Waals surface area contributed by atoms with Gasteiger partial charge in [-0.3, -0.25) is 4.79 Å². The molecule has 0 N–H and O–H groups in total. The van der Waals surface area contributed by atoms with Crippen molar-refractivity contribution in [1.82, 2.24) is 4.90 Å². The number of ether oxygens (including phenoxy) is 1. The molecule has 0 unspecified atom stereocenters. The number of para-hydroxylation sites is 1. The van der Waals surface area contributed by atoms with Crippen LogP contribution in [0.15, 0.2) is 71.9 Å². The van der Waals surface area contributed by atoms with Crippen molar-refractivity contribution in [3.63, 3.8) is 0 Å². The molecule has 0 saturated heterocycles. The molecule has 8 heteroatoms. The van der Waals surface area contributed by atoms with E-state index in [0.717, 1.165) is 17.7 Å². The zero-order valence-corrected chi connectivity index (χ0v) is 17.8. The lowest BCUT2D eigenvalue weighted by atomic mass is 10.0. The molecule has 4 rings (SSSR count). The van der Waals surface area contributed by atoms with Gasteiger partial charge in [0.15, 0.2) is 6.10 Å². The van der Waals surface area contributed by atoms with Crippen LogP contribution in [0.2, 0.25) is 0 Å². The Hall–Kier alpha value is -3.81. The van der Waals surface area contributed by atoms with Gasteiger partial charge in [-0.25, -0.2) is 13.2 Å². The first-order valence-corrected chi connectivity index (χ1v) is 10.3. The summed E-state index contributed by atoms with van der Waals surface area (Å²) in [4.78, 5) is 20.1. The summed E-state index contributed by atoms with van der Waals surface area (Å²) in [5.74, 6) is -1.73. The van der Waals surface area contributed by atoms with Crippen LogP contribution >= 0.6 is 0 Å². The Morgan fingerprint density at radius 1 is 1.06 bits per heavy atom. The van der Waals surface area contributed by atoms with E-state index in [2.05, 4.69) is 5.16 Å². The van der Waals surface area contributed by atoms with E-state index in [0.29, 0.717) is 17.9 Å². The fourth-order valence-electron chi connectivity index (χ4n) is 3.66. The molecule has 1 aliphatic rings. The van der Waals surface area contributed by atoms with E-state index >= 15 is 0 Å². The van der Waals surface area contributed by atoms with Gasteiger partial charge >= 0.3 is 0 Å². The fourth-order valence-corrected chi connectivity index (χ4v) is 3.66. The molecule has 3 aromatic carbocycles. The molecule has 0 radical (unpaired) electrons. The van der Waals surface area contributed by atoms with Gasteiger partial charge < -0.3 is 14.5 Å². The number of oxime groups is 1. The molecule has 5 nitrogen and oxygen atoms in total. The second kappa shape index (κ2) is 9.77. The van der Waals surface area contributed by atoms with Crippen LogP contribution in [-0.4, -0.2) is 36.3 Å². The number of halogens is 3. The number of nitrogens with zero attached hydrogens (tertiary/aromatic N) is 2. The summed E-state index contributed by atoms with van der Waals surface area (Å²) in [5, 5.41) is 4.15. The molecule has 1 atom stereocenters. The first-order chi connectivity index (χ1) is 15.9. The van der Waals surface area contributed by atoms with Crippen molar-refractivity contribution in [3.05, 3.63) is 101 Å². The number of carbonyl (C=O) groups excluding carboxylic acids is 1. The van der Waals surface area contributed by atoms with E-state index < -0.39 is 29.5 Å². The minimum atomic E-state index is -0.759. The average Bonchev–Trinajstić information content (AvgIpc) is 3.28. The van der Waals surface area contributed by atoms with Gasteiger partial charge in [0.1, 0.15) is 23.2 Å². The number of hydrogen-bond acceptors (Lipinski definition) is 4. The van der Waals surface area contributed by atoms with Crippen LogP contribution in [0.5, 0.6) is 5.75 Å². The molecular weight excluding hydrogens is 433 g/mol. The Balaban J connectivity index is 1.55. The Kier molecular flexibility index (Phi) is 6.63. The highest BCUT2D eigenvalue weighted by molar-refractivity contribution is 6.03. The quantitative estimate of drug-likeness (QED) is 0.508. The zero-order valence-electron chi connectivity index (χ0n) is 17.8. The van der Waals surface area contributed by atoms with Crippen LogP contribution in [-0.2, 0) is 11.4 Å². The van der Waals surface area contributed by atoms with Gasteiger partial charge in [0.05, 0.1) is 19.4 Å². The van der Waals surface area contributed by atoms with Crippen molar-refractivity contribution in [3.8, 4) is 5.75 Å². The maximum absolute atomic E-state index is 14.3. The summed E-state index contributed by atoms with van der Waals surface area (Å²) >= 11 is 0. The van der Waals surface area contributed by atoms with Crippen LogP contribution in [0.4, 0.5) is 13.2 Å². The largest absolute Gasteiger partial charge is 0.496 e. The van der Waals surface area contributed by atoms with Gasteiger partial charge in [-0.05, 0) is 42.5 Å². The van der Waals surface area contributed by atoms with Gasteiger partial charge in [0, 0.05) is 35.7 Å². The molecule has 0 fully saturated rings. The standard InChI is InChI=1S/C25H21F3N2O3/c1-32-24-5-3-2-4-21(24)23-13-20(33-29-23)15-30(14-17-8-11-19(27)12-22(17)28)25(31)16-6-9-18(26)10-7-16/h2-12,20H,13-15H2,1H3/t20-/m1/s1. The van der Waals surface area contributed by atoms with E-state index in [1.807, 2.05) is 24.3 Å². The maximum Gasteiger partial charge on any atom is 0.254 e. The molecule has 0 aromatic heterocycles. The number of carbonyl (C=O) groups is 1. The Bertz CT molecular complexity index is 1180. The molecule has 0 aliphatic carbocycles.